The van der Waals surface area contributed by atoms with Crippen LogP contribution >= 0.6 is 11.9 Å². The van der Waals surface area contributed by atoms with Gasteiger partial charge in [0.1, 0.15) is 5.75 Å². The maximum absolute atomic E-state index is 5.65. The third-order valence-electron chi connectivity index (χ3n) is 6.16. The van der Waals surface area contributed by atoms with E-state index in [0.29, 0.717) is 17.9 Å². The van der Waals surface area contributed by atoms with Crippen molar-refractivity contribution in [1.29, 1.82) is 0 Å². The van der Waals surface area contributed by atoms with Crippen molar-refractivity contribution in [2.45, 2.75) is 51.1 Å². The highest BCUT2D eigenvalue weighted by Crippen LogP contribution is 2.43. The van der Waals surface area contributed by atoms with Gasteiger partial charge in [-0.05, 0) is 47.8 Å². The SMILES string of the molecule is COc1cc(CN2CCN(SC)C(c3ccccc3C(C)C)C2)cnc1C1CC1. The van der Waals surface area contributed by atoms with Gasteiger partial charge in [0.25, 0.3) is 0 Å². The molecule has 2 fully saturated rings. The lowest BCUT2D eigenvalue weighted by molar-refractivity contribution is 0.137. The summed E-state index contributed by atoms with van der Waals surface area (Å²) in [5.41, 5.74) is 5.34. The average Bonchev–Trinajstić information content (AvgIpc) is 3.59. The molecule has 2 aromatic rings. The van der Waals surface area contributed by atoms with E-state index in [2.05, 4.69) is 65.8 Å². The Balaban J connectivity index is 1.53. The highest BCUT2D eigenvalue weighted by atomic mass is 32.2. The normalized spacial score (nSPS) is 20.9. The minimum Gasteiger partial charge on any atom is -0.495 e. The summed E-state index contributed by atoms with van der Waals surface area (Å²) in [6.45, 7) is 8.70. The van der Waals surface area contributed by atoms with Crippen molar-refractivity contribution in [2.24, 2.45) is 0 Å². The number of benzene rings is 1. The van der Waals surface area contributed by atoms with E-state index in [1.807, 2.05) is 11.9 Å². The second-order valence-corrected chi connectivity index (χ2v) is 9.40. The zero-order valence-electron chi connectivity index (χ0n) is 18.1. The highest BCUT2D eigenvalue weighted by molar-refractivity contribution is 7.96. The fraction of sp³-hybridized carbons (Fsp3) is 0.542. The Kier molecular flexibility index (Phi) is 6.47. The van der Waals surface area contributed by atoms with Gasteiger partial charge >= 0.3 is 0 Å². The standard InChI is InChI=1S/C24H33N3OS/c1-17(2)20-7-5-6-8-21(20)22-16-26(11-12-27(22)29-4)15-18-13-23(28-3)24(25-14-18)19-9-10-19/h5-8,13-14,17,19,22H,9-12,15-16H2,1-4H3. The zero-order chi connectivity index (χ0) is 20.4. The molecule has 0 amide bonds. The van der Waals surface area contributed by atoms with E-state index in [1.165, 1.54) is 29.5 Å². The third-order valence-corrected chi connectivity index (χ3v) is 7.06. The largest absolute Gasteiger partial charge is 0.495 e. The number of hydrogen-bond acceptors (Lipinski definition) is 5. The van der Waals surface area contributed by atoms with E-state index in [-0.39, 0.29) is 0 Å². The van der Waals surface area contributed by atoms with Crippen molar-refractivity contribution < 1.29 is 4.74 Å². The Hall–Kier alpha value is -1.56. The van der Waals surface area contributed by atoms with Crippen molar-refractivity contribution >= 4 is 11.9 Å². The van der Waals surface area contributed by atoms with Gasteiger partial charge in [0.05, 0.1) is 18.8 Å². The van der Waals surface area contributed by atoms with Crippen LogP contribution in [0.3, 0.4) is 0 Å². The second-order valence-electron chi connectivity index (χ2n) is 8.56. The molecule has 1 atom stereocenters. The Labute approximate surface area is 179 Å². The molecule has 0 N–H and O–H groups in total. The maximum atomic E-state index is 5.65. The van der Waals surface area contributed by atoms with E-state index < -0.39 is 0 Å². The number of nitrogens with zero attached hydrogens (tertiary/aromatic N) is 3. The third kappa shape index (κ3) is 4.62. The molecular formula is C24H33N3OS. The van der Waals surface area contributed by atoms with E-state index in [9.17, 15) is 0 Å². The molecule has 156 valence electrons. The van der Waals surface area contributed by atoms with Gasteiger partial charge in [-0.1, -0.05) is 50.1 Å². The van der Waals surface area contributed by atoms with Gasteiger partial charge in [-0.15, -0.1) is 0 Å². The molecule has 1 aliphatic carbocycles. The number of piperazine rings is 1. The van der Waals surface area contributed by atoms with Crippen molar-refractivity contribution in [1.82, 2.24) is 14.2 Å². The molecule has 0 spiro atoms. The first-order valence-electron chi connectivity index (χ1n) is 10.8. The summed E-state index contributed by atoms with van der Waals surface area (Å²) in [5.74, 6) is 2.12. The molecule has 0 bridgehead atoms. The van der Waals surface area contributed by atoms with Crippen LogP contribution in [-0.4, -0.2) is 47.2 Å². The summed E-state index contributed by atoms with van der Waals surface area (Å²) in [6.07, 6.45) is 6.76. The summed E-state index contributed by atoms with van der Waals surface area (Å²) in [5, 5.41) is 0. The smallest absolute Gasteiger partial charge is 0.140 e. The van der Waals surface area contributed by atoms with Gasteiger partial charge in [-0.25, -0.2) is 4.31 Å². The summed E-state index contributed by atoms with van der Waals surface area (Å²) in [4.78, 5) is 7.33. The van der Waals surface area contributed by atoms with Gasteiger partial charge in [0, 0.05) is 38.3 Å². The van der Waals surface area contributed by atoms with E-state index >= 15 is 0 Å². The number of ether oxygens (including phenoxy) is 1. The molecule has 1 aliphatic heterocycles. The van der Waals surface area contributed by atoms with Crippen LogP contribution < -0.4 is 4.74 Å². The Morgan fingerprint density at radius 2 is 2.00 bits per heavy atom. The molecule has 1 aromatic heterocycles. The van der Waals surface area contributed by atoms with Crippen molar-refractivity contribution in [3.05, 3.63) is 58.9 Å². The quantitative estimate of drug-likeness (QED) is 0.582. The van der Waals surface area contributed by atoms with Crippen LogP contribution in [0.15, 0.2) is 36.5 Å². The van der Waals surface area contributed by atoms with Gasteiger partial charge in [0.2, 0.25) is 0 Å². The average molecular weight is 412 g/mol. The number of rotatable bonds is 7. The fourth-order valence-corrected chi connectivity index (χ4v) is 5.14. The van der Waals surface area contributed by atoms with Gasteiger partial charge in [-0.2, -0.15) is 0 Å². The number of methoxy groups -OCH3 is 1. The molecule has 4 nitrogen and oxygen atoms in total. The predicted molar refractivity (Wildman–Crippen MR) is 122 cm³/mol. The first-order valence-corrected chi connectivity index (χ1v) is 11.9. The van der Waals surface area contributed by atoms with Crippen molar-refractivity contribution in [2.75, 3.05) is 33.0 Å². The Morgan fingerprint density at radius 1 is 1.21 bits per heavy atom. The van der Waals surface area contributed by atoms with Crippen LogP contribution in [0, 0.1) is 0 Å². The van der Waals surface area contributed by atoms with E-state index in [0.717, 1.165) is 37.6 Å². The van der Waals surface area contributed by atoms with E-state index in [4.69, 9.17) is 9.72 Å². The number of pyridine rings is 1. The molecule has 5 heteroatoms. The van der Waals surface area contributed by atoms with Crippen LogP contribution in [0.2, 0.25) is 0 Å². The van der Waals surface area contributed by atoms with Crippen molar-refractivity contribution in [3.63, 3.8) is 0 Å². The topological polar surface area (TPSA) is 28.6 Å². The number of hydrogen-bond donors (Lipinski definition) is 0. The molecule has 1 aromatic carbocycles. The summed E-state index contributed by atoms with van der Waals surface area (Å²) < 4.78 is 8.20. The van der Waals surface area contributed by atoms with Crippen LogP contribution in [-0.2, 0) is 6.54 Å². The molecule has 1 saturated carbocycles. The molecule has 1 saturated heterocycles. The van der Waals surface area contributed by atoms with Crippen LogP contribution in [0.1, 0.15) is 67.0 Å². The Morgan fingerprint density at radius 3 is 2.69 bits per heavy atom. The lowest BCUT2D eigenvalue weighted by atomic mass is 9.91. The van der Waals surface area contributed by atoms with Gasteiger partial charge in [-0.3, -0.25) is 9.88 Å². The Bertz CT molecular complexity index is 837. The van der Waals surface area contributed by atoms with Gasteiger partial charge < -0.3 is 4.74 Å². The van der Waals surface area contributed by atoms with Crippen LogP contribution in [0.5, 0.6) is 5.75 Å². The lowest BCUT2D eigenvalue weighted by Crippen LogP contribution is -2.45. The second kappa shape index (κ2) is 9.07. The monoisotopic (exact) mass is 411 g/mol. The summed E-state index contributed by atoms with van der Waals surface area (Å²) in [6, 6.07) is 11.6. The molecule has 29 heavy (non-hydrogen) atoms. The highest BCUT2D eigenvalue weighted by Gasteiger charge is 2.31. The molecular weight excluding hydrogens is 378 g/mol. The first kappa shape index (κ1) is 20.7. The molecule has 4 rings (SSSR count). The molecule has 2 heterocycles. The molecule has 0 radical (unpaired) electrons. The predicted octanol–water partition coefficient (Wildman–Crippen LogP) is 5.23. The first-order chi connectivity index (χ1) is 14.1. The minimum atomic E-state index is 0.415. The lowest BCUT2D eigenvalue weighted by Gasteiger charge is -2.41. The van der Waals surface area contributed by atoms with Crippen LogP contribution in [0.25, 0.3) is 0 Å². The number of aromatic nitrogens is 1. The summed E-state index contributed by atoms with van der Waals surface area (Å²) >= 11 is 1.87. The van der Waals surface area contributed by atoms with Crippen LogP contribution in [0.4, 0.5) is 0 Å². The van der Waals surface area contributed by atoms with E-state index in [1.54, 1.807) is 7.11 Å². The zero-order valence-corrected chi connectivity index (χ0v) is 18.9. The van der Waals surface area contributed by atoms with Gasteiger partial charge in [0.15, 0.2) is 0 Å². The maximum Gasteiger partial charge on any atom is 0.140 e. The fourth-order valence-electron chi connectivity index (χ4n) is 4.45. The van der Waals surface area contributed by atoms with Crippen molar-refractivity contribution in [3.8, 4) is 5.75 Å². The molecule has 1 unspecified atom stereocenters. The summed E-state index contributed by atoms with van der Waals surface area (Å²) in [7, 11) is 1.77. The molecule has 2 aliphatic rings. The minimum absolute atomic E-state index is 0.415.